The Kier molecular flexibility index (Phi) is 3.22. The van der Waals surface area contributed by atoms with Crippen molar-refractivity contribution < 1.29 is 28.3 Å². The van der Waals surface area contributed by atoms with Gasteiger partial charge in [-0.25, -0.2) is 13.9 Å². The molecule has 4 heterocycles. The van der Waals surface area contributed by atoms with Gasteiger partial charge in [-0.15, -0.1) is 0 Å². The Labute approximate surface area is 131 Å². The van der Waals surface area contributed by atoms with Crippen LogP contribution in [0.4, 0.5) is 5.95 Å². The second-order valence-corrected chi connectivity index (χ2v) is 6.75. The molecule has 130 valence electrons. The molecule has 2 aliphatic rings. The van der Waals surface area contributed by atoms with Gasteiger partial charge >= 0.3 is 13.5 Å². The smallest absolute Gasteiger partial charge is 0.386 e. The molecule has 0 aromatic carbocycles. The van der Waals surface area contributed by atoms with Crippen LogP contribution in [0.15, 0.2) is 9.59 Å². The van der Waals surface area contributed by atoms with E-state index in [0.29, 0.717) is 0 Å². The second-order valence-electron chi connectivity index (χ2n) is 5.34. The summed E-state index contributed by atoms with van der Waals surface area (Å²) in [4.78, 5) is 41.7. The highest BCUT2D eigenvalue weighted by atomic mass is 31.2. The molecule has 0 saturated carbocycles. The Balaban J connectivity index is 1.82. The van der Waals surface area contributed by atoms with E-state index < -0.39 is 43.6 Å². The minimum atomic E-state index is -4.30. The maximum Gasteiger partial charge on any atom is 0.472 e. The van der Waals surface area contributed by atoms with Crippen molar-refractivity contribution in [3.63, 3.8) is 0 Å². The summed E-state index contributed by atoms with van der Waals surface area (Å²) in [6.45, 7) is -0.306. The monoisotopic (exact) mass is 361 g/mol. The fourth-order valence-electron chi connectivity index (χ4n) is 2.81. The van der Waals surface area contributed by atoms with Gasteiger partial charge in [0.15, 0.2) is 17.4 Å². The first-order valence-corrected chi connectivity index (χ1v) is 8.25. The normalized spacial score (nSPS) is 36.1. The zero-order valence-electron chi connectivity index (χ0n) is 11.8. The number of nitrogens with one attached hydrogen (secondary N) is 2. The van der Waals surface area contributed by atoms with E-state index in [1.165, 1.54) is 0 Å². The largest absolute Gasteiger partial charge is 0.472 e. The molecule has 0 amide bonds. The van der Waals surface area contributed by atoms with Gasteiger partial charge in [0.05, 0.1) is 6.61 Å². The Morgan fingerprint density at radius 3 is 2.88 bits per heavy atom. The summed E-state index contributed by atoms with van der Waals surface area (Å²) in [6, 6.07) is 0. The predicted molar refractivity (Wildman–Crippen MR) is 76.0 cm³/mol. The first kappa shape index (κ1) is 15.5. The van der Waals surface area contributed by atoms with Crippen molar-refractivity contribution in [3.8, 4) is 0 Å². The summed E-state index contributed by atoms with van der Waals surface area (Å²) in [5, 5.41) is 10.4. The van der Waals surface area contributed by atoms with Crippen LogP contribution in [-0.2, 0) is 18.3 Å². The quantitative estimate of drug-likeness (QED) is 0.347. The van der Waals surface area contributed by atoms with E-state index >= 15 is 0 Å². The number of fused-ring (bicyclic) bond motifs is 2. The van der Waals surface area contributed by atoms with Crippen LogP contribution in [0, 0.1) is 0 Å². The predicted octanol–water partition coefficient (Wildman–Crippen LogP) is -2.23. The standard InChI is InChI=1S/C10H12N5O8P/c11-9-13-6-3(7(17)14-9)12-10(18)15(6)8-4(16)5-2(22-8)1-21-24(19,20)23-5/h2,4-5,8,16H,1H2,(H,12,18)(H,19,20)(H3,11,13,14,17)/t2-,4-,5-,8-/m1/s1. The topological polar surface area (TPSA) is 195 Å². The molecular weight excluding hydrogens is 349 g/mol. The van der Waals surface area contributed by atoms with E-state index in [9.17, 15) is 24.2 Å². The Morgan fingerprint density at radius 2 is 2.12 bits per heavy atom. The summed E-state index contributed by atoms with van der Waals surface area (Å²) >= 11 is 0. The van der Waals surface area contributed by atoms with Crippen molar-refractivity contribution in [2.75, 3.05) is 12.3 Å². The van der Waals surface area contributed by atoms with E-state index in [4.69, 9.17) is 15.0 Å². The molecule has 2 fully saturated rings. The molecule has 4 rings (SSSR count). The summed E-state index contributed by atoms with van der Waals surface area (Å²) in [7, 11) is -4.30. The molecule has 2 aromatic heterocycles. The van der Waals surface area contributed by atoms with E-state index in [1.54, 1.807) is 0 Å². The highest BCUT2D eigenvalue weighted by Crippen LogP contribution is 2.52. The van der Waals surface area contributed by atoms with Crippen LogP contribution in [0.2, 0.25) is 0 Å². The summed E-state index contributed by atoms with van der Waals surface area (Å²) < 4.78 is 27.3. The van der Waals surface area contributed by atoms with Crippen molar-refractivity contribution in [3.05, 3.63) is 20.8 Å². The van der Waals surface area contributed by atoms with Gasteiger partial charge in [0.2, 0.25) is 5.95 Å². The zero-order valence-corrected chi connectivity index (χ0v) is 12.7. The number of aliphatic hydroxyl groups is 1. The number of hydrogen-bond acceptors (Lipinski definition) is 9. The molecule has 13 nitrogen and oxygen atoms in total. The molecule has 2 saturated heterocycles. The number of nitrogen functional groups attached to an aromatic ring is 1. The second kappa shape index (κ2) is 4.99. The van der Waals surface area contributed by atoms with Crippen molar-refractivity contribution in [2.24, 2.45) is 0 Å². The van der Waals surface area contributed by atoms with Crippen LogP contribution in [0.25, 0.3) is 11.2 Å². The lowest BCUT2D eigenvalue weighted by Gasteiger charge is -2.27. The van der Waals surface area contributed by atoms with Crippen molar-refractivity contribution in [1.29, 1.82) is 0 Å². The van der Waals surface area contributed by atoms with E-state index in [1.807, 2.05) is 0 Å². The van der Waals surface area contributed by atoms with Crippen LogP contribution < -0.4 is 17.0 Å². The first-order chi connectivity index (χ1) is 11.3. The molecular formula is C10H12N5O8P. The number of hydrogen-bond donors (Lipinski definition) is 5. The first-order valence-electron chi connectivity index (χ1n) is 6.76. The van der Waals surface area contributed by atoms with Gasteiger partial charge in [-0.2, -0.15) is 4.98 Å². The van der Waals surface area contributed by atoms with Crippen molar-refractivity contribution in [1.82, 2.24) is 19.5 Å². The number of nitrogens with zero attached hydrogens (tertiary/aromatic N) is 2. The third kappa shape index (κ3) is 2.22. The number of rotatable bonds is 1. The third-order valence-corrected chi connectivity index (χ3v) is 4.80. The fraction of sp³-hybridized carbons (Fsp3) is 0.500. The number of imidazole rings is 1. The summed E-state index contributed by atoms with van der Waals surface area (Å²) in [6.07, 6.45) is -4.85. The average molecular weight is 361 g/mol. The van der Waals surface area contributed by atoms with Gasteiger partial charge < -0.3 is 20.5 Å². The van der Waals surface area contributed by atoms with Crippen LogP contribution in [0.1, 0.15) is 6.23 Å². The van der Waals surface area contributed by atoms with Crippen LogP contribution in [0.3, 0.4) is 0 Å². The molecule has 6 N–H and O–H groups in total. The van der Waals surface area contributed by atoms with Gasteiger partial charge in [0.25, 0.3) is 5.56 Å². The third-order valence-electron chi connectivity index (χ3n) is 3.82. The molecule has 2 aromatic rings. The number of phosphoric acid groups is 1. The average Bonchev–Trinajstić information content (AvgIpc) is 2.96. The van der Waals surface area contributed by atoms with Crippen LogP contribution >= 0.6 is 7.82 Å². The number of nitrogens with two attached hydrogens (primary N) is 1. The molecule has 0 bridgehead atoms. The Bertz CT molecular complexity index is 980. The van der Waals surface area contributed by atoms with Crippen LogP contribution in [0.5, 0.6) is 0 Å². The highest BCUT2D eigenvalue weighted by Gasteiger charge is 2.53. The van der Waals surface area contributed by atoms with Gasteiger partial charge in [-0.1, -0.05) is 0 Å². The fourth-order valence-corrected chi connectivity index (χ4v) is 3.78. The van der Waals surface area contributed by atoms with Crippen molar-refractivity contribution >= 4 is 24.9 Å². The number of aromatic nitrogens is 4. The highest BCUT2D eigenvalue weighted by molar-refractivity contribution is 7.47. The number of ether oxygens (including phenoxy) is 1. The van der Waals surface area contributed by atoms with Crippen LogP contribution in [-0.4, -0.2) is 54.4 Å². The molecule has 0 spiro atoms. The molecule has 2 aliphatic heterocycles. The van der Waals surface area contributed by atoms with E-state index in [0.717, 1.165) is 4.57 Å². The van der Waals surface area contributed by atoms with Gasteiger partial charge in [0, 0.05) is 0 Å². The number of H-pyrrole nitrogens is 2. The van der Waals surface area contributed by atoms with Gasteiger partial charge in [0.1, 0.15) is 18.3 Å². The molecule has 1 unspecified atom stereocenters. The molecule has 0 radical (unpaired) electrons. The maximum absolute atomic E-state index is 12.2. The zero-order chi connectivity index (χ0) is 17.2. The lowest BCUT2D eigenvalue weighted by molar-refractivity contribution is -0.0671. The number of anilines is 1. The number of aliphatic hydroxyl groups excluding tert-OH is 1. The van der Waals surface area contributed by atoms with E-state index in [-0.39, 0.29) is 23.7 Å². The minimum Gasteiger partial charge on any atom is -0.386 e. The molecule has 14 heteroatoms. The number of phosphoric ester groups is 1. The van der Waals surface area contributed by atoms with Crippen molar-refractivity contribution in [2.45, 2.75) is 24.5 Å². The molecule has 24 heavy (non-hydrogen) atoms. The summed E-state index contributed by atoms with van der Waals surface area (Å²) in [5.41, 5.74) is 3.76. The maximum atomic E-state index is 12.2. The summed E-state index contributed by atoms with van der Waals surface area (Å²) in [5.74, 6) is -0.232. The minimum absolute atomic E-state index is 0.128. The van der Waals surface area contributed by atoms with Gasteiger partial charge in [-0.05, 0) is 0 Å². The lowest BCUT2D eigenvalue weighted by Crippen LogP contribution is -2.39. The molecule has 5 atom stereocenters. The molecule has 0 aliphatic carbocycles. The Hall–Kier alpha value is -2.02. The lowest BCUT2D eigenvalue weighted by atomic mass is 10.1. The Morgan fingerprint density at radius 1 is 1.38 bits per heavy atom. The van der Waals surface area contributed by atoms with Gasteiger partial charge in [-0.3, -0.25) is 23.8 Å². The SMILES string of the molecule is Nc1nc2c([nH]c(=O)n2[C@@H]2O[C@@H]3COP(=O)(O)O[C@H]3[C@H]2O)c(=O)[nH]1. The number of aromatic amines is 2. The van der Waals surface area contributed by atoms with E-state index in [2.05, 4.69) is 19.5 Å².